The van der Waals surface area contributed by atoms with Crippen LogP contribution in [0, 0.1) is 24.7 Å². The number of hydrogen-bond donors (Lipinski definition) is 2. The maximum absolute atomic E-state index is 13.4. The molecule has 2 aliphatic carbocycles. The second-order valence-electron chi connectivity index (χ2n) is 10.9. The van der Waals surface area contributed by atoms with Crippen LogP contribution in [0.15, 0.2) is 66.7 Å². The van der Waals surface area contributed by atoms with E-state index >= 15 is 0 Å². The van der Waals surface area contributed by atoms with Crippen LogP contribution in [-0.4, -0.2) is 5.91 Å². The van der Waals surface area contributed by atoms with Crippen LogP contribution in [-0.2, 0) is 0 Å². The highest BCUT2D eigenvalue weighted by molar-refractivity contribution is 6.05. The van der Waals surface area contributed by atoms with E-state index in [1.54, 1.807) is 0 Å². The smallest absolute Gasteiger partial charge is 0.255 e. The van der Waals surface area contributed by atoms with E-state index < -0.39 is 0 Å². The Kier molecular flexibility index (Phi) is 5.24. The molecule has 3 aromatic carbocycles. The zero-order chi connectivity index (χ0) is 23.4. The topological polar surface area (TPSA) is 41.1 Å². The summed E-state index contributed by atoms with van der Waals surface area (Å²) in [5, 5.41) is 7.14. The van der Waals surface area contributed by atoms with Gasteiger partial charge < -0.3 is 10.6 Å². The second kappa shape index (κ2) is 8.30. The van der Waals surface area contributed by atoms with Gasteiger partial charge in [-0.1, -0.05) is 62.4 Å². The molecule has 0 spiro atoms. The third-order valence-corrected chi connectivity index (χ3v) is 8.67. The van der Waals surface area contributed by atoms with Crippen molar-refractivity contribution in [3.63, 3.8) is 0 Å². The van der Waals surface area contributed by atoms with Gasteiger partial charge in [0, 0.05) is 16.9 Å². The summed E-state index contributed by atoms with van der Waals surface area (Å²) in [6.45, 7) is 6.42. The Hall–Kier alpha value is -3.07. The van der Waals surface area contributed by atoms with E-state index in [2.05, 4.69) is 92.1 Å². The summed E-state index contributed by atoms with van der Waals surface area (Å²) in [4.78, 5) is 13.4. The summed E-state index contributed by atoms with van der Waals surface area (Å²) in [6.07, 6.45) is 4.00. The first-order valence-electron chi connectivity index (χ1n) is 12.9. The number of carbonyl (C=O) groups is 1. The largest absolute Gasteiger partial charge is 0.378 e. The van der Waals surface area contributed by atoms with Crippen LogP contribution in [0.2, 0.25) is 0 Å². The lowest BCUT2D eigenvalue weighted by molar-refractivity contribution is 0.102. The minimum absolute atomic E-state index is 0.0103. The highest BCUT2D eigenvalue weighted by atomic mass is 16.1. The molecule has 1 heterocycles. The van der Waals surface area contributed by atoms with Gasteiger partial charge in [-0.3, -0.25) is 4.79 Å². The Balaban J connectivity index is 1.35. The lowest BCUT2D eigenvalue weighted by atomic mass is 9.68. The van der Waals surface area contributed by atoms with Gasteiger partial charge in [-0.25, -0.2) is 0 Å². The Morgan fingerprint density at radius 2 is 1.76 bits per heavy atom. The third kappa shape index (κ3) is 3.45. The molecule has 2 bridgehead atoms. The first kappa shape index (κ1) is 21.5. The number of hydrogen-bond acceptors (Lipinski definition) is 2. The van der Waals surface area contributed by atoms with Crippen molar-refractivity contribution in [2.75, 3.05) is 10.6 Å². The van der Waals surface area contributed by atoms with Crippen molar-refractivity contribution in [1.29, 1.82) is 0 Å². The van der Waals surface area contributed by atoms with Crippen LogP contribution in [0.25, 0.3) is 0 Å². The molecule has 34 heavy (non-hydrogen) atoms. The van der Waals surface area contributed by atoms with Gasteiger partial charge in [0.15, 0.2) is 0 Å². The van der Waals surface area contributed by atoms with E-state index in [1.165, 1.54) is 41.6 Å². The molecule has 0 saturated heterocycles. The fraction of sp³-hybridized carbons (Fsp3) is 0.387. The SMILES string of the molecule is Cc1cccc(C(C)C)c1NC(=O)c1ccc2c(c1)[C@@H]1[C@H]3CC[C@@H](C3)[C@@H]1[C@@H](c1ccccc1)N2. The van der Waals surface area contributed by atoms with Gasteiger partial charge in [-0.2, -0.15) is 0 Å². The predicted octanol–water partition coefficient (Wildman–Crippen LogP) is 7.67. The molecule has 0 unspecified atom stereocenters. The normalized spacial score (nSPS) is 26.6. The van der Waals surface area contributed by atoms with Crippen molar-refractivity contribution < 1.29 is 4.79 Å². The standard InChI is InChI=1S/C31H34N2O/c1-18(2)24-11-7-8-19(3)29(24)33-31(34)23-14-15-26-25(17-23)27-21-12-13-22(16-21)28(27)30(32-26)20-9-5-4-6-10-20/h4-11,14-15,17-18,21-22,27-28,30,32H,12-13,16H2,1-3H3,(H,33,34)/t21-,22-,27-,28-,30+/m0/s1. The van der Waals surface area contributed by atoms with Crippen molar-refractivity contribution in [2.45, 2.75) is 57.9 Å². The van der Waals surface area contributed by atoms with Gasteiger partial charge in [0.05, 0.1) is 6.04 Å². The van der Waals surface area contributed by atoms with Crippen molar-refractivity contribution >= 4 is 17.3 Å². The fourth-order valence-electron chi connectivity index (χ4n) is 7.15. The molecule has 1 amide bonds. The maximum Gasteiger partial charge on any atom is 0.255 e. The Labute approximate surface area is 203 Å². The van der Waals surface area contributed by atoms with Gasteiger partial charge in [0.1, 0.15) is 0 Å². The molecule has 3 nitrogen and oxygen atoms in total. The van der Waals surface area contributed by atoms with Crippen LogP contribution in [0.3, 0.4) is 0 Å². The number of nitrogens with one attached hydrogen (secondary N) is 2. The van der Waals surface area contributed by atoms with Crippen LogP contribution >= 0.6 is 0 Å². The zero-order valence-corrected chi connectivity index (χ0v) is 20.3. The van der Waals surface area contributed by atoms with E-state index in [1.807, 2.05) is 6.07 Å². The Morgan fingerprint density at radius 3 is 2.56 bits per heavy atom. The van der Waals surface area contributed by atoms with Crippen molar-refractivity contribution in [1.82, 2.24) is 0 Å². The van der Waals surface area contributed by atoms with E-state index in [0.717, 1.165) is 28.7 Å². The highest BCUT2D eigenvalue weighted by Gasteiger charge is 2.53. The molecule has 2 saturated carbocycles. The van der Waals surface area contributed by atoms with E-state index in [4.69, 9.17) is 0 Å². The van der Waals surface area contributed by atoms with Gasteiger partial charge >= 0.3 is 0 Å². The van der Waals surface area contributed by atoms with E-state index in [-0.39, 0.29) is 5.91 Å². The quantitative estimate of drug-likeness (QED) is 0.428. The average Bonchev–Trinajstić information content (AvgIpc) is 3.48. The molecule has 2 N–H and O–H groups in total. The lowest BCUT2D eigenvalue weighted by Gasteiger charge is -2.43. The van der Waals surface area contributed by atoms with Gasteiger partial charge in [-0.05, 0) is 96.2 Å². The number of carbonyl (C=O) groups excluding carboxylic acids is 1. The van der Waals surface area contributed by atoms with Gasteiger partial charge in [0.2, 0.25) is 0 Å². The molecule has 174 valence electrons. The molecule has 0 aromatic heterocycles. The molecule has 3 heteroatoms. The average molecular weight is 451 g/mol. The number of anilines is 2. The van der Waals surface area contributed by atoms with Crippen LogP contribution < -0.4 is 10.6 Å². The van der Waals surface area contributed by atoms with Crippen molar-refractivity contribution in [3.8, 4) is 0 Å². The van der Waals surface area contributed by atoms with Crippen LogP contribution in [0.1, 0.15) is 83.6 Å². The fourth-order valence-corrected chi connectivity index (χ4v) is 7.15. The molecule has 3 aromatic rings. The minimum Gasteiger partial charge on any atom is -0.378 e. The van der Waals surface area contributed by atoms with Crippen LogP contribution in [0.5, 0.6) is 0 Å². The van der Waals surface area contributed by atoms with Crippen molar-refractivity contribution in [3.05, 3.63) is 94.5 Å². The molecule has 2 fully saturated rings. The molecular weight excluding hydrogens is 416 g/mol. The van der Waals surface area contributed by atoms with Crippen LogP contribution in [0.4, 0.5) is 11.4 Å². The van der Waals surface area contributed by atoms with Gasteiger partial charge in [0.25, 0.3) is 5.91 Å². The third-order valence-electron chi connectivity index (χ3n) is 8.67. The number of rotatable bonds is 4. The molecular formula is C31H34N2O. The summed E-state index contributed by atoms with van der Waals surface area (Å²) in [7, 11) is 0. The summed E-state index contributed by atoms with van der Waals surface area (Å²) in [6, 6.07) is 23.9. The molecule has 5 atom stereocenters. The Bertz CT molecular complexity index is 1230. The molecule has 3 aliphatic rings. The summed E-state index contributed by atoms with van der Waals surface area (Å²) in [5.74, 6) is 3.01. The highest BCUT2D eigenvalue weighted by Crippen LogP contribution is 2.63. The first-order chi connectivity index (χ1) is 16.5. The number of fused-ring (bicyclic) bond motifs is 7. The molecule has 0 radical (unpaired) electrons. The first-order valence-corrected chi connectivity index (χ1v) is 12.9. The maximum atomic E-state index is 13.4. The lowest BCUT2D eigenvalue weighted by Crippen LogP contribution is -2.35. The number of amides is 1. The minimum atomic E-state index is -0.0103. The summed E-state index contributed by atoms with van der Waals surface area (Å²) >= 11 is 0. The monoisotopic (exact) mass is 450 g/mol. The van der Waals surface area contributed by atoms with E-state index in [9.17, 15) is 4.79 Å². The number of para-hydroxylation sites is 1. The number of aryl methyl sites for hydroxylation is 1. The van der Waals surface area contributed by atoms with E-state index in [0.29, 0.717) is 23.8 Å². The number of benzene rings is 3. The van der Waals surface area contributed by atoms with Crippen molar-refractivity contribution in [2.24, 2.45) is 17.8 Å². The predicted molar refractivity (Wildman–Crippen MR) is 140 cm³/mol. The molecule has 1 aliphatic heterocycles. The second-order valence-corrected chi connectivity index (χ2v) is 10.9. The zero-order valence-electron chi connectivity index (χ0n) is 20.3. The Morgan fingerprint density at radius 1 is 0.971 bits per heavy atom. The molecule has 6 rings (SSSR count). The van der Waals surface area contributed by atoms with Gasteiger partial charge in [-0.15, -0.1) is 0 Å². The summed E-state index contributed by atoms with van der Waals surface area (Å²) < 4.78 is 0. The summed E-state index contributed by atoms with van der Waals surface area (Å²) in [5.41, 5.74) is 7.96.